The Balaban J connectivity index is 1.58. The molecule has 5 heteroatoms. The first-order chi connectivity index (χ1) is 13.4. The van der Waals surface area contributed by atoms with Crippen molar-refractivity contribution < 1.29 is 0 Å². The molecule has 0 N–H and O–H groups in total. The Morgan fingerprint density at radius 3 is 2.41 bits per heavy atom. The lowest BCUT2D eigenvalue weighted by Crippen LogP contribution is -2.01. The summed E-state index contributed by atoms with van der Waals surface area (Å²) < 4.78 is 2.32. The van der Waals surface area contributed by atoms with Crippen molar-refractivity contribution in [2.75, 3.05) is 0 Å². The maximum absolute atomic E-state index is 4.44. The molecule has 3 aromatic heterocycles. The highest BCUT2D eigenvalue weighted by Crippen LogP contribution is 2.30. The normalized spacial score (nSPS) is 11.1. The van der Waals surface area contributed by atoms with Crippen molar-refractivity contribution in [2.24, 2.45) is 0 Å². The number of fused-ring (bicyclic) bond motifs is 1. The SMILES string of the molecule is c1ccc(-c2cc3ccccc3n2Cc2nnc(-c3ccncc3)s2)cc1. The van der Waals surface area contributed by atoms with Crippen molar-refractivity contribution in [3.63, 3.8) is 0 Å². The Labute approximate surface area is 160 Å². The van der Waals surface area contributed by atoms with Crippen LogP contribution in [0.3, 0.4) is 0 Å². The van der Waals surface area contributed by atoms with Gasteiger partial charge in [-0.25, -0.2) is 0 Å². The molecule has 0 saturated carbocycles. The van der Waals surface area contributed by atoms with Crippen molar-refractivity contribution in [1.82, 2.24) is 19.7 Å². The van der Waals surface area contributed by atoms with Crippen LogP contribution in [0.25, 0.3) is 32.7 Å². The van der Waals surface area contributed by atoms with E-state index in [1.165, 1.54) is 22.2 Å². The zero-order valence-corrected chi connectivity index (χ0v) is 15.3. The molecular formula is C22H16N4S. The van der Waals surface area contributed by atoms with E-state index in [1.54, 1.807) is 23.7 Å². The summed E-state index contributed by atoms with van der Waals surface area (Å²) in [5.74, 6) is 0. The summed E-state index contributed by atoms with van der Waals surface area (Å²) in [6, 6.07) is 25.1. The predicted octanol–water partition coefficient (Wildman–Crippen LogP) is 5.27. The van der Waals surface area contributed by atoms with Gasteiger partial charge in [-0.2, -0.15) is 0 Å². The van der Waals surface area contributed by atoms with Gasteiger partial charge in [0, 0.05) is 34.6 Å². The van der Waals surface area contributed by atoms with E-state index in [0.29, 0.717) is 6.54 Å². The van der Waals surface area contributed by atoms with E-state index in [1.807, 2.05) is 18.2 Å². The Hall–Kier alpha value is -3.31. The van der Waals surface area contributed by atoms with E-state index in [-0.39, 0.29) is 0 Å². The molecule has 130 valence electrons. The lowest BCUT2D eigenvalue weighted by Gasteiger charge is -2.09. The lowest BCUT2D eigenvalue weighted by molar-refractivity contribution is 0.817. The topological polar surface area (TPSA) is 43.6 Å². The number of pyridine rings is 1. The van der Waals surface area contributed by atoms with Crippen LogP contribution >= 0.6 is 11.3 Å². The monoisotopic (exact) mass is 368 g/mol. The molecule has 5 aromatic rings. The van der Waals surface area contributed by atoms with Crippen molar-refractivity contribution in [3.05, 3.63) is 90.2 Å². The highest BCUT2D eigenvalue weighted by molar-refractivity contribution is 7.14. The average molecular weight is 368 g/mol. The van der Waals surface area contributed by atoms with Gasteiger partial charge in [0.1, 0.15) is 10.0 Å². The van der Waals surface area contributed by atoms with Crippen molar-refractivity contribution in [1.29, 1.82) is 0 Å². The summed E-state index contributed by atoms with van der Waals surface area (Å²) in [5.41, 5.74) is 4.65. The molecule has 0 aliphatic heterocycles. The first-order valence-electron chi connectivity index (χ1n) is 8.75. The summed E-state index contributed by atoms with van der Waals surface area (Å²) in [7, 11) is 0. The number of nitrogens with zero attached hydrogens (tertiary/aromatic N) is 4. The molecule has 2 aromatic carbocycles. The molecule has 0 fully saturated rings. The minimum absolute atomic E-state index is 0.695. The second-order valence-corrected chi connectivity index (χ2v) is 7.34. The summed E-state index contributed by atoms with van der Waals surface area (Å²) in [6.07, 6.45) is 3.56. The third-order valence-electron chi connectivity index (χ3n) is 4.57. The Morgan fingerprint density at radius 2 is 1.56 bits per heavy atom. The van der Waals surface area contributed by atoms with Crippen LogP contribution in [0.1, 0.15) is 5.01 Å². The van der Waals surface area contributed by atoms with Crippen LogP contribution in [-0.2, 0) is 6.54 Å². The van der Waals surface area contributed by atoms with Crippen molar-refractivity contribution in [3.8, 4) is 21.8 Å². The minimum atomic E-state index is 0.695. The van der Waals surface area contributed by atoms with Gasteiger partial charge in [-0.3, -0.25) is 4.98 Å². The third kappa shape index (κ3) is 3.02. The molecule has 27 heavy (non-hydrogen) atoms. The van der Waals surface area contributed by atoms with Gasteiger partial charge in [-0.1, -0.05) is 59.9 Å². The van der Waals surface area contributed by atoms with E-state index in [0.717, 1.165) is 15.6 Å². The molecule has 3 heterocycles. The molecule has 0 unspecified atom stereocenters. The number of aromatic nitrogens is 4. The highest BCUT2D eigenvalue weighted by atomic mass is 32.1. The molecule has 0 saturated heterocycles. The molecule has 4 nitrogen and oxygen atoms in total. The first kappa shape index (κ1) is 15.9. The number of para-hydroxylation sites is 1. The number of hydrogen-bond acceptors (Lipinski definition) is 4. The molecule has 0 aliphatic rings. The summed E-state index contributed by atoms with van der Waals surface area (Å²) in [6.45, 7) is 0.695. The molecule has 0 aliphatic carbocycles. The van der Waals surface area contributed by atoms with Gasteiger partial charge < -0.3 is 4.57 Å². The smallest absolute Gasteiger partial charge is 0.147 e. The van der Waals surface area contributed by atoms with Crippen LogP contribution in [0.2, 0.25) is 0 Å². The number of rotatable bonds is 4. The maximum atomic E-state index is 4.44. The van der Waals surface area contributed by atoms with E-state index in [2.05, 4.69) is 74.3 Å². The minimum Gasteiger partial charge on any atom is -0.333 e. The second-order valence-electron chi connectivity index (χ2n) is 6.28. The molecular weight excluding hydrogens is 352 g/mol. The molecule has 0 bridgehead atoms. The summed E-state index contributed by atoms with van der Waals surface area (Å²) in [4.78, 5) is 4.07. The highest BCUT2D eigenvalue weighted by Gasteiger charge is 2.13. The number of hydrogen-bond donors (Lipinski definition) is 0. The van der Waals surface area contributed by atoms with Gasteiger partial charge >= 0.3 is 0 Å². The van der Waals surface area contributed by atoms with Gasteiger partial charge in [0.2, 0.25) is 0 Å². The number of benzene rings is 2. The molecule has 0 amide bonds. The second kappa shape index (κ2) is 6.78. The summed E-state index contributed by atoms with van der Waals surface area (Å²) in [5, 5.41) is 12.0. The summed E-state index contributed by atoms with van der Waals surface area (Å²) >= 11 is 1.63. The molecule has 0 spiro atoms. The van der Waals surface area contributed by atoms with Crippen molar-refractivity contribution in [2.45, 2.75) is 6.54 Å². The Kier molecular flexibility index (Phi) is 3.99. The molecule has 0 atom stereocenters. The zero-order valence-electron chi connectivity index (χ0n) is 14.5. The first-order valence-corrected chi connectivity index (χ1v) is 9.56. The van der Waals surface area contributed by atoms with Crippen LogP contribution in [0.5, 0.6) is 0 Å². The molecule has 0 radical (unpaired) electrons. The predicted molar refractivity (Wildman–Crippen MR) is 110 cm³/mol. The van der Waals surface area contributed by atoms with Gasteiger partial charge in [0.05, 0.1) is 6.54 Å². The fraction of sp³-hybridized carbons (Fsp3) is 0.0455. The van der Waals surface area contributed by atoms with Gasteiger partial charge in [0.25, 0.3) is 0 Å². The van der Waals surface area contributed by atoms with Crippen LogP contribution in [0.15, 0.2) is 85.2 Å². The van der Waals surface area contributed by atoms with Gasteiger partial charge in [-0.05, 0) is 29.8 Å². The Morgan fingerprint density at radius 1 is 0.778 bits per heavy atom. The van der Waals surface area contributed by atoms with Gasteiger partial charge in [0.15, 0.2) is 0 Å². The van der Waals surface area contributed by atoms with E-state index < -0.39 is 0 Å². The lowest BCUT2D eigenvalue weighted by atomic mass is 10.1. The fourth-order valence-electron chi connectivity index (χ4n) is 3.29. The van der Waals surface area contributed by atoms with Crippen LogP contribution in [0.4, 0.5) is 0 Å². The van der Waals surface area contributed by atoms with Gasteiger partial charge in [-0.15, -0.1) is 10.2 Å². The average Bonchev–Trinajstić information content (AvgIpc) is 3.35. The van der Waals surface area contributed by atoms with Crippen molar-refractivity contribution >= 4 is 22.2 Å². The van der Waals surface area contributed by atoms with Crippen LogP contribution in [-0.4, -0.2) is 19.7 Å². The van der Waals surface area contributed by atoms with E-state index >= 15 is 0 Å². The van der Waals surface area contributed by atoms with E-state index in [4.69, 9.17) is 0 Å². The Bertz CT molecular complexity index is 1190. The largest absolute Gasteiger partial charge is 0.333 e. The van der Waals surface area contributed by atoms with E-state index in [9.17, 15) is 0 Å². The molecule has 5 rings (SSSR count). The standard InChI is InChI=1S/C22H16N4S/c1-2-6-16(7-3-1)20-14-18-8-4-5-9-19(18)26(20)15-21-24-25-22(27-21)17-10-12-23-13-11-17/h1-14H,15H2. The third-order valence-corrected chi connectivity index (χ3v) is 5.52. The van der Waals surface area contributed by atoms with Crippen LogP contribution < -0.4 is 0 Å². The van der Waals surface area contributed by atoms with Crippen LogP contribution in [0, 0.1) is 0 Å². The zero-order chi connectivity index (χ0) is 18.1. The maximum Gasteiger partial charge on any atom is 0.147 e. The quantitative estimate of drug-likeness (QED) is 0.434. The fourth-order valence-corrected chi connectivity index (χ4v) is 4.13.